The van der Waals surface area contributed by atoms with Gasteiger partial charge in [0.1, 0.15) is 0 Å². The molecule has 2 nitrogen and oxygen atoms in total. The van der Waals surface area contributed by atoms with Gasteiger partial charge in [-0.15, -0.1) is 11.3 Å². The summed E-state index contributed by atoms with van der Waals surface area (Å²) in [6.45, 7) is 0. The van der Waals surface area contributed by atoms with E-state index in [1.807, 2.05) is 11.5 Å². The van der Waals surface area contributed by atoms with Gasteiger partial charge in [-0.3, -0.25) is 4.79 Å². The highest BCUT2D eigenvalue weighted by Crippen LogP contribution is 2.29. The lowest BCUT2D eigenvalue weighted by Gasteiger charge is -2.05. The highest BCUT2D eigenvalue weighted by molar-refractivity contribution is 7.10. The lowest BCUT2D eigenvalue weighted by molar-refractivity contribution is -0.136. The predicted molar refractivity (Wildman–Crippen MR) is 53.0 cm³/mol. The molecular weight excluding hydrogens is 184 g/mol. The third-order valence-corrected chi connectivity index (χ3v) is 3.26. The molecule has 0 atom stereocenters. The van der Waals surface area contributed by atoms with Crippen LogP contribution < -0.4 is 0 Å². The number of allylic oxidation sites excluding steroid dienone is 1. The number of hydrogen-bond donors (Lipinski definition) is 1. The van der Waals surface area contributed by atoms with E-state index in [1.165, 1.54) is 4.88 Å². The molecule has 0 amide bonds. The largest absolute Gasteiger partial charge is 0.481 e. The van der Waals surface area contributed by atoms with Gasteiger partial charge in [0, 0.05) is 4.88 Å². The number of aryl methyl sites for hydroxylation is 1. The molecule has 0 saturated heterocycles. The second kappa shape index (κ2) is 3.34. The Bertz CT molecular complexity index is 363. The molecule has 0 spiro atoms. The number of thiophene rings is 1. The Kier molecular flexibility index (Phi) is 2.19. The molecule has 0 saturated carbocycles. The second-order valence-electron chi connectivity index (χ2n) is 3.11. The third-order valence-electron chi connectivity index (χ3n) is 2.15. The van der Waals surface area contributed by atoms with Crippen molar-refractivity contribution < 1.29 is 9.90 Å². The van der Waals surface area contributed by atoms with Crippen molar-refractivity contribution >= 4 is 23.4 Å². The summed E-state index contributed by atoms with van der Waals surface area (Å²) in [7, 11) is 0. The zero-order valence-electron chi connectivity index (χ0n) is 7.12. The van der Waals surface area contributed by atoms with Gasteiger partial charge in [0.25, 0.3) is 0 Å². The smallest absolute Gasteiger partial charge is 0.307 e. The van der Waals surface area contributed by atoms with Gasteiger partial charge in [0.15, 0.2) is 0 Å². The molecule has 0 unspecified atom stereocenters. The first-order valence-corrected chi connectivity index (χ1v) is 5.13. The summed E-state index contributed by atoms with van der Waals surface area (Å²) in [6, 6.07) is 0. The molecular formula is C10H10O2S. The summed E-state index contributed by atoms with van der Waals surface area (Å²) in [5.74, 6) is -0.750. The third kappa shape index (κ3) is 1.65. The van der Waals surface area contributed by atoms with Gasteiger partial charge in [-0.05, 0) is 29.3 Å². The van der Waals surface area contributed by atoms with Crippen molar-refractivity contribution in [2.24, 2.45) is 0 Å². The number of hydrogen-bond acceptors (Lipinski definition) is 2. The number of carbonyl (C=O) groups is 1. The molecule has 1 N–H and O–H groups in total. The van der Waals surface area contributed by atoms with Crippen LogP contribution in [0.15, 0.2) is 11.5 Å². The summed E-state index contributed by atoms with van der Waals surface area (Å²) in [5.41, 5.74) is 2.11. The fourth-order valence-electron chi connectivity index (χ4n) is 1.56. The first-order chi connectivity index (χ1) is 6.27. The van der Waals surface area contributed by atoms with E-state index >= 15 is 0 Å². The van der Waals surface area contributed by atoms with E-state index < -0.39 is 5.97 Å². The van der Waals surface area contributed by atoms with Crippen LogP contribution in [-0.2, 0) is 17.6 Å². The Hall–Kier alpha value is -1.09. The minimum Gasteiger partial charge on any atom is -0.481 e. The monoisotopic (exact) mass is 194 g/mol. The highest BCUT2D eigenvalue weighted by Gasteiger charge is 2.13. The molecule has 0 radical (unpaired) electrons. The van der Waals surface area contributed by atoms with E-state index in [4.69, 9.17) is 5.11 Å². The minimum absolute atomic E-state index is 0.149. The predicted octanol–water partition coefficient (Wildman–Crippen LogP) is 2.33. The van der Waals surface area contributed by atoms with Crippen LogP contribution in [0.5, 0.6) is 0 Å². The van der Waals surface area contributed by atoms with Crippen LogP contribution in [0.2, 0.25) is 0 Å². The van der Waals surface area contributed by atoms with E-state index in [9.17, 15) is 4.79 Å². The average Bonchev–Trinajstić information content (AvgIpc) is 2.48. The lowest BCUT2D eigenvalue weighted by atomic mass is 10.0. The Morgan fingerprint density at radius 2 is 2.46 bits per heavy atom. The maximum atomic E-state index is 10.5. The summed E-state index contributed by atoms with van der Waals surface area (Å²) >= 11 is 1.68. The Labute approximate surface area is 80.5 Å². The van der Waals surface area contributed by atoms with Crippen molar-refractivity contribution in [2.75, 3.05) is 0 Å². The molecule has 0 aliphatic heterocycles. The molecule has 3 heteroatoms. The normalized spacial score (nSPS) is 14.2. The first-order valence-electron chi connectivity index (χ1n) is 4.25. The van der Waals surface area contributed by atoms with Crippen molar-refractivity contribution in [1.82, 2.24) is 0 Å². The summed E-state index contributed by atoms with van der Waals surface area (Å²) in [5, 5.41) is 10.6. The molecule has 1 aromatic rings. The molecule has 13 heavy (non-hydrogen) atoms. The first kappa shape index (κ1) is 8.51. The van der Waals surface area contributed by atoms with Gasteiger partial charge in [0.2, 0.25) is 0 Å². The van der Waals surface area contributed by atoms with Crippen molar-refractivity contribution in [3.63, 3.8) is 0 Å². The van der Waals surface area contributed by atoms with Crippen molar-refractivity contribution in [3.8, 4) is 0 Å². The van der Waals surface area contributed by atoms with Crippen LogP contribution in [0.3, 0.4) is 0 Å². The van der Waals surface area contributed by atoms with Crippen LogP contribution in [-0.4, -0.2) is 11.1 Å². The van der Waals surface area contributed by atoms with Gasteiger partial charge in [-0.25, -0.2) is 0 Å². The van der Waals surface area contributed by atoms with Gasteiger partial charge in [0.05, 0.1) is 6.42 Å². The fourth-order valence-corrected chi connectivity index (χ4v) is 2.61. The quantitative estimate of drug-likeness (QED) is 0.784. The molecule has 0 fully saturated rings. The molecule has 1 aliphatic carbocycles. The van der Waals surface area contributed by atoms with Gasteiger partial charge < -0.3 is 5.11 Å². The molecule has 1 heterocycles. The topological polar surface area (TPSA) is 37.3 Å². The van der Waals surface area contributed by atoms with Crippen molar-refractivity contribution in [1.29, 1.82) is 0 Å². The van der Waals surface area contributed by atoms with Crippen LogP contribution in [0.25, 0.3) is 6.08 Å². The van der Waals surface area contributed by atoms with Crippen LogP contribution in [0.4, 0.5) is 0 Å². The standard InChI is InChI=1S/C10H10O2S/c11-10(12)5-7-6-13-9-4-2-1-3-8(7)9/h1,3,6H,2,4-5H2,(H,11,12). The van der Waals surface area contributed by atoms with Crippen LogP contribution in [0.1, 0.15) is 22.4 Å². The highest BCUT2D eigenvalue weighted by atomic mass is 32.1. The van der Waals surface area contributed by atoms with E-state index in [0.29, 0.717) is 0 Å². The summed E-state index contributed by atoms with van der Waals surface area (Å²) in [6.07, 6.45) is 6.46. The molecule has 0 bridgehead atoms. The fraction of sp³-hybridized carbons (Fsp3) is 0.300. The Balaban J connectivity index is 2.33. The number of carboxylic acids is 1. The zero-order chi connectivity index (χ0) is 9.26. The van der Waals surface area contributed by atoms with E-state index in [1.54, 1.807) is 11.3 Å². The van der Waals surface area contributed by atoms with E-state index in [0.717, 1.165) is 24.0 Å². The summed E-state index contributed by atoms with van der Waals surface area (Å²) in [4.78, 5) is 11.9. The maximum absolute atomic E-state index is 10.5. The molecule has 1 aliphatic rings. The van der Waals surface area contributed by atoms with E-state index in [-0.39, 0.29) is 6.42 Å². The SMILES string of the molecule is O=C(O)Cc1csc2c1C=CCC2. The second-order valence-corrected chi connectivity index (χ2v) is 4.07. The van der Waals surface area contributed by atoms with Gasteiger partial charge in [-0.2, -0.15) is 0 Å². The van der Waals surface area contributed by atoms with Gasteiger partial charge in [-0.1, -0.05) is 12.2 Å². The van der Waals surface area contributed by atoms with E-state index in [2.05, 4.69) is 6.08 Å². The Morgan fingerprint density at radius 1 is 1.62 bits per heavy atom. The Morgan fingerprint density at radius 3 is 3.23 bits per heavy atom. The maximum Gasteiger partial charge on any atom is 0.307 e. The van der Waals surface area contributed by atoms with Crippen LogP contribution >= 0.6 is 11.3 Å². The van der Waals surface area contributed by atoms with Gasteiger partial charge >= 0.3 is 5.97 Å². The zero-order valence-corrected chi connectivity index (χ0v) is 7.93. The molecule has 68 valence electrons. The molecule has 0 aromatic carbocycles. The summed E-state index contributed by atoms with van der Waals surface area (Å²) < 4.78 is 0. The number of carboxylic acid groups (broad SMARTS) is 1. The molecule has 2 rings (SSSR count). The van der Waals surface area contributed by atoms with Crippen LogP contribution in [0, 0.1) is 0 Å². The number of aliphatic carboxylic acids is 1. The van der Waals surface area contributed by atoms with Crippen molar-refractivity contribution in [2.45, 2.75) is 19.3 Å². The average molecular weight is 194 g/mol. The number of fused-ring (bicyclic) bond motifs is 1. The lowest BCUT2D eigenvalue weighted by Crippen LogP contribution is -2.01. The van der Waals surface area contributed by atoms with Crippen molar-refractivity contribution in [3.05, 3.63) is 27.5 Å². The minimum atomic E-state index is -0.750. The molecule has 1 aromatic heterocycles. The number of rotatable bonds is 2.